The molecular formula is C11H13N3S2. The quantitative estimate of drug-likeness (QED) is 0.824. The fraction of sp³-hybridized carbons (Fsp3) is 0.455. The monoisotopic (exact) mass is 251 g/mol. The lowest BCUT2D eigenvalue weighted by atomic mass is 10.2. The summed E-state index contributed by atoms with van der Waals surface area (Å²) in [5.41, 5.74) is 1.17. The third-order valence-corrected chi connectivity index (χ3v) is 4.14. The molecule has 0 saturated heterocycles. The lowest BCUT2D eigenvalue weighted by Crippen LogP contribution is -2.06. The van der Waals surface area contributed by atoms with Crippen molar-refractivity contribution < 1.29 is 0 Å². The minimum absolute atomic E-state index is 0.543. The van der Waals surface area contributed by atoms with Gasteiger partial charge in [0, 0.05) is 17.0 Å². The van der Waals surface area contributed by atoms with E-state index in [-0.39, 0.29) is 0 Å². The molecule has 0 amide bonds. The number of nitrogens with zero attached hydrogens (tertiary/aromatic N) is 2. The van der Waals surface area contributed by atoms with Crippen LogP contribution in [-0.2, 0) is 0 Å². The first kappa shape index (κ1) is 10.2. The van der Waals surface area contributed by atoms with Crippen LogP contribution in [0.15, 0.2) is 16.8 Å². The van der Waals surface area contributed by atoms with Crippen molar-refractivity contribution in [1.29, 1.82) is 0 Å². The number of aromatic amines is 1. The Morgan fingerprint density at radius 1 is 1.44 bits per heavy atom. The Kier molecular flexibility index (Phi) is 2.65. The van der Waals surface area contributed by atoms with Crippen LogP contribution in [-0.4, -0.2) is 14.8 Å². The highest BCUT2D eigenvalue weighted by atomic mass is 32.1. The molecule has 16 heavy (non-hydrogen) atoms. The first-order chi connectivity index (χ1) is 7.86. The molecule has 1 fully saturated rings. The number of thiophene rings is 1. The average Bonchev–Trinajstić information content (AvgIpc) is 2.96. The van der Waals surface area contributed by atoms with E-state index in [0.29, 0.717) is 6.04 Å². The molecule has 3 rings (SSSR count). The van der Waals surface area contributed by atoms with Crippen LogP contribution in [0.1, 0.15) is 31.7 Å². The van der Waals surface area contributed by atoms with E-state index >= 15 is 0 Å². The van der Waals surface area contributed by atoms with Crippen molar-refractivity contribution in [1.82, 2.24) is 14.8 Å². The summed E-state index contributed by atoms with van der Waals surface area (Å²) in [5.74, 6) is 0.998. The van der Waals surface area contributed by atoms with Crippen LogP contribution in [0.5, 0.6) is 0 Å². The molecule has 3 nitrogen and oxygen atoms in total. The van der Waals surface area contributed by atoms with Crippen molar-refractivity contribution in [2.75, 3.05) is 0 Å². The van der Waals surface area contributed by atoms with E-state index in [1.165, 1.54) is 31.2 Å². The molecule has 0 radical (unpaired) electrons. The van der Waals surface area contributed by atoms with Gasteiger partial charge in [0.05, 0.1) is 0 Å². The molecule has 0 spiro atoms. The van der Waals surface area contributed by atoms with Crippen LogP contribution >= 0.6 is 23.6 Å². The van der Waals surface area contributed by atoms with Crippen molar-refractivity contribution in [3.63, 3.8) is 0 Å². The maximum atomic E-state index is 5.33. The van der Waals surface area contributed by atoms with Crippen LogP contribution in [0, 0.1) is 4.77 Å². The van der Waals surface area contributed by atoms with Gasteiger partial charge in [0.1, 0.15) is 0 Å². The summed E-state index contributed by atoms with van der Waals surface area (Å²) in [6.07, 6.45) is 5.07. The summed E-state index contributed by atoms with van der Waals surface area (Å²) in [7, 11) is 0. The molecule has 0 aliphatic heterocycles. The first-order valence-corrected chi connectivity index (χ1v) is 6.91. The van der Waals surface area contributed by atoms with Crippen molar-refractivity contribution >= 4 is 23.6 Å². The summed E-state index contributed by atoms with van der Waals surface area (Å²) >= 11 is 7.03. The second kappa shape index (κ2) is 4.14. The molecule has 2 aromatic rings. The predicted octanol–water partition coefficient (Wildman–Crippen LogP) is 3.78. The molecule has 0 unspecified atom stereocenters. The van der Waals surface area contributed by atoms with Crippen molar-refractivity contribution in [3.8, 4) is 11.4 Å². The number of hydrogen-bond donors (Lipinski definition) is 1. The fourth-order valence-electron chi connectivity index (χ4n) is 2.40. The van der Waals surface area contributed by atoms with Gasteiger partial charge in [-0.25, -0.2) is 0 Å². The SMILES string of the molecule is S=c1[nH]nc(-c2ccsc2)n1C1CCCC1. The Bertz CT molecular complexity index is 518. The van der Waals surface area contributed by atoms with E-state index in [0.717, 1.165) is 10.6 Å². The van der Waals surface area contributed by atoms with E-state index in [4.69, 9.17) is 12.2 Å². The lowest BCUT2D eigenvalue weighted by Gasteiger charge is -2.12. The zero-order chi connectivity index (χ0) is 11.0. The Morgan fingerprint density at radius 3 is 2.94 bits per heavy atom. The molecule has 1 aliphatic rings. The molecule has 1 aliphatic carbocycles. The van der Waals surface area contributed by atoms with Crippen molar-refractivity contribution in [2.24, 2.45) is 0 Å². The Labute approximate surface area is 103 Å². The highest BCUT2D eigenvalue weighted by molar-refractivity contribution is 7.71. The summed E-state index contributed by atoms with van der Waals surface area (Å²) in [6.45, 7) is 0. The zero-order valence-electron chi connectivity index (χ0n) is 8.85. The van der Waals surface area contributed by atoms with E-state index in [1.54, 1.807) is 11.3 Å². The highest BCUT2D eigenvalue weighted by Crippen LogP contribution is 2.33. The Morgan fingerprint density at radius 2 is 2.25 bits per heavy atom. The summed E-state index contributed by atoms with van der Waals surface area (Å²) in [5, 5.41) is 11.5. The molecule has 2 aromatic heterocycles. The van der Waals surface area contributed by atoms with Crippen LogP contribution in [0.4, 0.5) is 0 Å². The second-order valence-electron chi connectivity index (χ2n) is 4.17. The summed E-state index contributed by atoms with van der Waals surface area (Å²) in [4.78, 5) is 0. The third-order valence-electron chi connectivity index (χ3n) is 3.17. The van der Waals surface area contributed by atoms with E-state index in [1.807, 2.05) is 0 Å². The van der Waals surface area contributed by atoms with E-state index in [2.05, 4.69) is 31.6 Å². The average molecular weight is 251 g/mol. The van der Waals surface area contributed by atoms with Crippen LogP contribution in [0.2, 0.25) is 0 Å². The smallest absolute Gasteiger partial charge is 0.195 e. The minimum atomic E-state index is 0.543. The van der Waals surface area contributed by atoms with Gasteiger partial charge in [-0.2, -0.15) is 16.4 Å². The van der Waals surface area contributed by atoms with Gasteiger partial charge < -0.3 is 0 Å². The summed E-state index contributed by atoms with van der Waals surface area (Å²) < 4.78 is 2.96. The van der Waals surface area contributed by atoms with Gasteiger partial charge in [-0.1, -0.05) is 12.8 Å². The summed E-state index contributed by atoms with van der Waals surface area (Å²) in [6, 6.07) is 2.64. The van der Waals surface area contributed by atoms with E-state index < -0.39 is 0 Å². The second-order valence-corrected chi connectivity index (χ2v) is 5.34. The van der Waals surface area contributed by atoms with Gasteiger partial charge >= 0.3 is 0 Å². The zero-order valence-corrected chi connectivity index (χ0v) is 10.5. The number of hydrogen-bond acceptors (Lipinski definition) is 3. The molecule has 0 atom stereocenters. The molecule has 1 N–H and O–H groups in total. The molecule has 5 heteroatoms. The molecule has 0 bridgehead atoms. The Balaban J connectivity index is 2.09. The van der Waals surface area contributed by atoms with Crippen molar-refractivity contribution in [2.45, 2.75) is 31.7 Å². The van der Waals surface area contributed by atoms with Gasteiger partial charge in [0.25, 0.3) is 0 Å². The molecule has 2 heterocycles. The standard InChI is InChI=1S/C11H13N3S2/c15-11-13-12-10(8-5-6-16-7-8)14(11)9-3-1-2-4-9/h5-7,9H,1-4H2,(H,13,15). The van der Waals surface area contributed by atoms with Gasteiger partial charge in [0.2, 0.25) is 0 Å². The third kappa shape index (κ3) is 1.64. The van der Waals surface area contributed by atoms with Gasteiger partial charge in [-0.3, -0.25) is 9.67 Å². The van der Waals surface area contributed by atoms with Crippen LogP contribution in [0.3, 0.4) is 0 Å². The molecule has 84 valence electrons. The van der Waals surface area contributed by atoms with Gasteiger partial charge in [0.15, 0.2) is 10.6 Å². The van der Waals surface area contributed by atoms with Gasteiger partial charge in [-0.15, -0.1) is 0 Å². The lowest BCUT2D eigenvalue weighted by molar-refractivity contribution is 0.516. The van der Waals surface area contributed by atoms with Crippen molar-refractivity contribution in [3.05, 3.63) is 21.6 Å². The molecule has 1 saturated carbocycles. The minimum Gasteiger partial charge on any atom is -0.297 e. The topological polar surface area (TPSA) is 33.6 Å². The van der Waals surface area contributed by atoms with Gasteiger partial charge in [-0.05, 0) is 36.5 Å². The first-order valence-electron chi connectivity index (χ1n) is 5.56. The highest BCUT2D eigenvalue weighted by Gasteiger charge is 2.21. The largest absolute Gasteiger partial charge is 0.297 e. The fourth-order valence-corrected chi connectivity index (χ4v) is 3.32. The maximum Gasteiger partial charge on any atom is 0.195 e. The van der Waals surface area contributed by atoms with Crippen LogP contribution < -0.4 is 0 Å². The number of nitrogens with one attached hydrogen (secondary N) is 1. The molecule has 0 aromatic carbocycles. The number of aromatic nitrogens is 3. The predicted molar refractivity (Wildman–Crippen MR) is 68.2 cm³/mol. The Hall–Kier alpha value is -0.940. The molecular weight excluding hydrogens is 238 g/mol. The number of rotatable bonds is 2. The normalized spacial score (nSPS) is 17.0. The number of H-pyrrole nitrogens is 1. The maximum absolute atomic E-state index is 5.33. The van der Waals surface area contributed by atoms with Crippen LogP contribution in [0.25, 0.3) is 11.4 Å². The van der Waals surface area contributed by atoms with E-state index in [9.17, 15) is 0 Å².